The lowest BCUT2D eigenvalue weighted by atomic mass is 9.75. The van der Waals surface area contributed by atoms with Gasteiger partial charge < -0.3 is 25.4 Å². The van der Waals surface area contributed by atoms with Gasteiger partial charge in [-0.25, -0.2) is 14.1 Å². The minimum atomic E-state index is -1.61. The van der Waals surface area contributed by atoms with Crippen molar-refractivity contribution in [2.45, 2.75) is 29.3 Å². The molecule has 5 atom stereocenters. The summed E-state index contributed by atoms with van der Waals surface area (Å²) in [7, 11) is 1.39. The number of hydrogen-bond acceptors (Lipinski definition) is 10. The molecular weight excluding hydrogens is 504 g/mol. The predicted octanol–water partition coefficient (Wildman–Crippen LogP) is 2.20. The number of rotatable bonds is 5. The van der Waals surface area contributed by atoms with Crippen LogP contribution in [0.15, 0.2) is 23.7 Å². The third kappa shape index (κ3) is 3.68. The highest BCUT2D eigenvalue weighted by Crippen LogP contribution is 2.45. The summed E-state index contributed by atoms with van der Waals surface area (Å²) in [5.41, 5.74) is 4.28. The minimum Gasteiger partial charge on any atom is -0.394 e. The summed E-state index contributed by atoms with van der Waals surface area (Å²) in [5, 5.41) is 31.2. The van der Waals surface area contributed by atoms with E-state index in [9.17, 15) is 14.6 Å². The van der Waals surface area contributed by atoms with Crippen LogP contribution >= 0.6 is 47.2 Å². The highest BCUT2D eigenvalue weighted by molar-refractivity contribution is 7.80. The van der Waals surface area contributed by atoms with Crippen LogP contribution in [0.3, 0.4) is 0 Å². The summed E-state index contributed by atoms with van der Waals surface area (Å²) in [4.78, 5) is 4.19. The molecule has 0 amide bonds. The first-order valence-electron chi connectivity index (χ1n) is 9.18. The Morgan fingerprint density at radius 1 is 1.38 bits per heavy atom. The zero-order valence-electron chi connectivity index (χ0n) is 16.4. The number of thiazole rings is 1. The fraction of sp³-hybridized carbons (Fsp3) is 0.389. The van der Waals surface area contributed by atoms with Gasteiger partial charge in [0, 0.05) is 12.5 Å². The van der Waals surface area contributed by atoms with Gasteiger partial charge in [0.15, 0.2) is 10.9 Å². The average molecular weight is 522 g/mol. The number of thiol groups is 1. The molecule has 1 saturated heterocycles. The summed E-state index contributed by atoms with van der Waals surface area (Å²) < 4.78 is 26.9. The number of anilines is 1. The average Bonchev–Trinajstić information content (AvgIpc) is 3.42. The molecule has 2 aromatic heterocycles. The molecule has 1 aliphatic rings. The van der Waals surface area contributed by atoms with Crippen molar-refractivity contribution in [3.05, 3.63) is 45.1 Å². The van der Waals surface area contributed by atoms with Crippen LogP contribution in [0.25, 0.3) is 11.4 Å². The van der Waals surface area contributed by atoms with Gasteiger partial charge in [-0.1, -0.05) is 28.4 Å². The zero-order chi connectivity index (χ0) is 23.2. The van der Waals surface area contributed by atoms with Crippen molar-refractivity contribution < 1.29 is 24.1 Å². The van der Waals surface area contributed by atoms with Crippen LogP contribution < -0.4 is 5.73 Å². The molecule has 1 aromatic carbocycles. The van der Waals surface area contributed by atoms with Crippen molar-refractivity contribution in [3.8, 4) is 11.4 Å². The van der Waals surface area contributed by atoms with Gasteiger partial charge in [-0.2, -0.15) is 0 Å². The fourth-order valence-electron chi connectivity index (χ4n) is 3.92. The maximum atomic E-state index is 14.2. The van der Waals surface area contributed by atoms with Crippen molar-refractivity contribution in [3.63, 3.8) is 0 Å². The molecule has 3 heterocycles. The number of benzene rings is 1. The maximum absolute atomic E-state index is 14.2. The standard InChI is InChI=1S/C18H18Cl2FN5O4S2/c1-29-15-16(31)30-12(5-27)14(28)18(15,7-2-8(19)13(21)9(20)3-7)26-4-10(24-25-26)11-6-32-17(22)23-11/h2-4,6,12,14-16,27-28,31H,5H2,1H3,(H2,22,23)/t12-,14+,15+,16-,18?/m1/s1. The number of aliphatic hydroxyl groups excluding tert-OH is 2. The summed E-state index contributed by atoms with van der Waals surface area (Å²) >= 11 is 17.9. The highest BCUT2D eigenvalue weighted by Gasteiger charge is 2.59. The van der Waals surface area contributed by atoms with Crippen molar-refractivity contribution in [1.29, 1.82) is 0 Å². The first-order valence-corrected chi connectivity index (χ1v) is 11.3. The molecule has 0 saturated carbocycles. The molecule has 172 valence electrons. The van der Waals surface area contributed by atoms with E-state index < -0.39 is 41.7 Å². The fourth-order valence-corrected chi connectivity index (χ4v) is 5.47. The lowest BCUT2D eigenvalue weighted by molar-refractivity contribution is -0.213. The molecule has 0 aliphatic carbocycles. The van der Waals surface area contributed by atoms with E-state index in [-0.39, 0.29) is 15.6 Å². The normalized spacial score (nSPS) is 28.2. The molecule has 3 aromatic rings. The van der Waals surface area contributed by atoms with Gasteiger partial charge >= 0.3 is 0 Å². The number of aromatic nitrogens is 4. The van der Waals surface area contributed by atoms with Crippen LogP contribution in [0.4, 0.5) is 9.52 Å². The van der Waals surface area contributed by atoms with Gasteiger partial charge in [0.2, 0.25) is 0 Å². The number of halogens is 3. The Kier molecular flexibility index (Phi) is 6.67. The highest BCUT2D eigenvalue weighted by atomic mass is 35.5. The van der Waals surface area contributed by atoms with E-state index in [2.05, 4.69) is 27.9 Å². The molecule has 1 aliphatic heterocycles. The van der Waals surface area contributed by atoms with Gasteiger partial charge in [-0.05, 0) is 17.7 Å². The van der Waals surface area contributed by atoms with E-state index >= 15 is 0 Å². The van der Waals surface area contributed by atoms with Crippen LogP contribution in [0, 0.1) is 5.82 Å². The number of nitrogens with two attached hydrogens (primary N) is 1. The number of ether oxygens (including phenoxy) is 2. The van der Waals surface area contributed by atoms with Gasteiger partial charge in [-0.15, -0.1) is 29.1 Å². The predicted molar refractivity (Wildman–Crippen MR) is 121 cm³/mol. The Hall–Kier alpha value is -1.51. The molecule has 4 N–H and O–H groups in total. The third-order valence-corrected chi connectivity index (χ3v) is 6.96. The van der Waals surface area contributed by atoms with Crippen molar-refractivity contribution in [2.75, 3.05) is 19.5 Å². The lowest BCUT2D eigenvalue weighted by Crippen LogP contribution is -2.67. The quantitative estimate of drug-likeness (QED) is 0.297. The number of hydrogen-bond donors (Lipinski definition) is 4. The van der Waals surface area contributed by atoms with Gasteiger partial charge in [-0.3, -0.25) is 0 Å². The van der Waals surface area contributed by atoms with Crippen LogP contribution in [0.2, 0.25) is 10.0 Å². The van der Waals surface area contributed by atoms with Gasteiger partial charge in [0.25, 0.3) is 0 Å². The molecule has 1 fully saturated rings. The molecule has 14 heteroatoms. The van der Waals surface area contributed by atoms with Crippen molar-refractivity contribution in [1.82, 2.24) is 20.0 Å². The second-order valence-electron chi connectivity index (χ2n) is 7.05. The van der Waals surface area contributed by atoms with Crippen LogP contribution in [0.5, 0.6) is 0 Å². The Morgan fingerprint density at radius 3 is 2.62 bits per heavy atom. The first kappa shape index (κ1) is 23.6. The second kappa shape index (κ2) is 9.03. The van der Waals surface area contributed by atoms with Crippen molar-refractivity contribution >= 4 is 52.3 Å². The van der Waals surface area contributed by atoms with E-state index in [1.807, 2.05) is 0 Å². The number of aliphatic hydroxyl groups is 2. The summed E-state index contributed by atoms with van der Waals surface area (Å²) in [6, 6.07) is 2.61. The van der Waals surface area contributed by atoms with Gasteiger partial charge in [0.05, 0.1) is 22.8 Å². The Bertz CT molecular complexity index is 1110. The summed E-state index contributed by atoms with van der Waals surface area (Å²) in [5.74, 6) is -0.818. The second-order valence-corrected chi connectivity index (χ2v) is 9.26. The van der Waals surface area contributed by atoms with E-state index in [4.69, 9.17) is 38.4 Å². The van der Waals surface area contributed by atoms with E-state index in [0.717, 1.165) is 0 Å². The third-order valence-electron chi connectivity index (χ3n) is 5.35. The monoisotopic (exact) mass is 521 g/mol. The maximum Gasteiger partial charge on any atom is 0.180 e. The van der Waals surface area contributed by atoms with Crippen LogP contribution in [-0.4, -0.2) is 67.7 Å². The molecule has 9 nitrogen and oxygen atoms in total. The van der Waals surface area contributed by atoms with Crippen molar-refractivity contribution in [2.24, 2.45) is 0 Å². The van der Waals surface area contributed by atoms with Crippen LogP contribution in [-0.2, 0) is 15.0 Å². The van der Waals surface area contributed by atoms with Crippen LogP contribution in [0.1, 0.15) is 5.56 Å². The lowest BCUT2D eigenvalue weighted by Gasteiger charge is -2.51. The number of nitrogen functional groups attached to an aromatic ring is 1. The van der Waals surface area contributed by atoms with E-state index in [0.29, 0.717) is 16.5 Å². The SMILES string of the molecule is CO[C@H]1[C@@H](S)O[C@H](CO)[C@H](O)C1(c1cc(Cl)c(F)c(Cl)c1)n1cc(-c2csc(N)n2)nn1. The molecule has 1 unspecified atom stereocenters. The summed E-state index contributed by atoms with van der Waals surface area (Å²) in [6.07, 6.45) is -2.01. The molecular formula is C18H18Cl2FN5O4S2. The van der Waals surface area contributed by atoms with Gasteiger partial charge in [0.1, 0.15) is 40.7 Å². The number of nitrogens with zero attached hydrogens (tertiary/aromatic N) is 4. The first-order chi connectivity index (χ1) is 15.2. The Balaban J connectivity index is 2.00. The minimum absolute atomic E-state index is 0.253. The molecule has 4 rings (SSSR count). The van der Waals surface area contributed by atoms with E-state index in [1.54, 1.807) is 5.38 Å². The zero-order valence-corrected chi connectivity index (χ0v) is 19.6. The summed E-state index contributed by atoms with van der Waals surface area (Å²) in [6.45, 7) is -0.538. The Labute approximate surface area is 201 Å². The molecule has 32 heavy (non-hydrogen) atoms. The largest absolute Gasteiger partial charge is 0.394 e. The molecule has 0 spiro atoms. The molecule has 0 bridgehead atoms. The topological polar surface area (TPSA) is 129 Å². The Morgan fingerprint density at radius 2 is 2.06 bits per heavy atom. The van der Waals surface area contributed by atoms with E-state index in [1.165, 1.54) is 41.5 Å². The number of methoxy groups -OCH3 is 1. The molecule has 0 radical (unpaired) electrons. The smallest absolute Gasteiger partial charge is 0.180 e.